The molecule has 0 radical (unpaired) electrons. The van der Waals surface area contributed by atoms with Gasteiger partial charge in [-0.05, 0) is 25.0 Å². The van der Waals surface area contributed by atoms with Crippen molar-refractivity contribution in [2.24, 2.45) is 5.92 Å². The maximum absolute atomic E-state index is 13.3. The molecule has 0 saturated carbocycles. The Hall–Kier alpha value is -3.57. The van der Waals surface area contributed by atoms with Crippen LogP contribution in [0.15, 0.2) is 36.9 Å². The average molecular weight is 448 g/mol. The first-order valence-corrected chi connectivity index (χ1v) is 9.82. The molecule has 0 bridgehead atoms. The van der Waals surface area contributed by atoms with Crippen LogP contribution < -0.4 is 5.32 Å². The minimum absolute atomic E-state index is 0.0157. The Morgan fingerprint density at radius 1 is 1.16 bits per heavy atom. The summed E-state index contributed by atoms with van der Waals surface area (Å²) in [6.45, 7) is 5.87. The fraction of sp³-hybridized carbons (Fsp3) is 0.400. The largest absolute Gasteiger partial charge is 0.419 e. The Labute approximate surface area is 182 Å². The third-order valence-corrected chi connectivity index (χ3v) is 4.89. The molecule has 12 heteroatoms. The van der Waals surface area contributed by atoms with Crippen molar-refractivity contribution in [1.82, 2.24) is 34.8 Å². The molecule has 3 heterocycles. The van der Waals surface area contributed by atoms with Gasteiger partial charge in [0.05, 0.1) is 24.0 Å². The van der Waals surface area contributed by atoms with Gasteiger partial charge >= 0.3 is 6.18 Å². The van der Waals surface area contributed by atoms with E-state index < -0.39 is 11.7 Å². The van der Waals surface area contributed by atoms with Crippen LogP contribution in [-0.2, 0) is 6.18 Å². The van der Waals surface area contributed by atoms with Crippen LogP contribution in [0.3, 0.4) is 0 Å². The number of halogens is 3. The number of pyridine rings is 1. The zero-order valence-electron chi connectivity index (χ0n) is 18.0. The van der Waals surface area contributed by atoms with E-state index >= 15 is 0 Å². The summed E-state index contributed by atoms with van der Waals surface area (Å²) < 4.78 is 38.1. The zero-order chi connectivity index (χ0) is 23.5. The van der Waals surface area contributed by atoms with Gasteiger partial charge in [-0.25, -0.2) is 15.0 Å². The Morgan fingerprint density at radius 2 is 1.78 bits per heavy atom. The fourth-order valence-corrected chi connectivity index (χ4v) is 3.11. The Morgan fingerprint density at radius 3 is 2.34 bits per heavy atom. The van der Waals surface area contributed by atoms with E-state index in [1.54, 1.807) is 26.1 Å². The van der Waals surface area contributed by atoms with Gasteiger partial charge in [0.2, 0.25) is 5.95 Å². The Kier molecular flexibility index (Phi) is 6.70. The minimum Gasteiger partial charge on any atom is -0.352 e. The molecule has 1 N–H and O–H groups in total. The first-order valence-electron chi connectivity index (χ1n) is 9.82. The van der Waals surface area contributed by atoms with Gasteiger partial charge in [0, 0.05) is 31.7 Å². The van der Waals surface area contributed by atoms with Crippen LogP contribution in [0.25, 0.3) is 5.69 Å². The van der Waals surface area contributed by atoms with Gasteiger partial charge in [-0.3, -0.25) is 4.79 Å². The molecule has 0 aromatic carbocycles. The number of likely N-dealkylation sites (N-methyl/N-ethyl adjacent to an activating group) is 1. The number of alkyl halides is 3. The van der Waals surface area contributed by atoms with Crippen LogP contribution in [0, 0.1) is 12.8 Å². The highest BCUT2D eigenvalue weighted by Crippen LogP contribution is 2.28. The summed E-state index contributed by atoms with van der Waals surface area (Å²) in [5.74, 6) is -0.281. The van der Waals surface area contributed by atoms with Crippen molar-refractivity contribution < 1.29 is 18.0 Å². The lowest BCUT2D eigenvalue weighted by atomic mass is 10.0. The fourth-order valence-electron chi connectivity index (χ4n) is 3.11. The number of amides is 1. The summed E-state index contributed by atoms with van der Waals surface area (Å²) in [4.78, 5) is 28.0. The maximum atomic E-state index is 13.3. The third kappa shape index (κ3) is 5.18. The predicted molar refractivity (Wildman–Crippen MR) is 110 cm³/mol. The lowest BCUT2D eigenvalue weighted by Gasteiger charge is -2.31. The van der Waals surface area contributed by atoms with E-state index in [1.807, 2.05) is 13.8 Å². The number of anilines is 1. The van der Waals surface area contributed by atoms with Crippen LogP contribution in [0.5, 0.6) is 0 Å². The number of hydrogen-bond donors (Lipinski definition) is 1. The Bertz CT molecular complexity index is 1050. The molecule has 0 aliphatic carbocycles. The first-order chi connectivity index (χ1) is 15.1. The molecule has 1 unspecified atom stereocenters. The monoisotopic (exact) mass is 448 g/mol. The summed E-state index contributed by atoms with van der Waals surface area (Å²) in [7, 11) is 1.65. The van der Waals surface area contributed by atoms with Crippen molar-refractivity contribution >= 4 is 11.9 Å². The van der Waals surface area contributed by atoms with E-state index in [1.165, 1.54) is 22.1 Å². The molecule has 0 aliphatic heterocycles. The van der Waals surface area contributed by atoms with E-state index in [0.29, 0.717) is 23.8 Å². The van der Waals surface area contributed by atoms with Crippen LogP contribution in [0.2, 0.25) is 0 Å². The first kappa shape index (κ1) is 23.1. The molecule has 0 aliphatic rings. The number of nitrogens with zero attached hydrogens (tertiary/aromatic N) is 7. The molecule has 3 aromatic rings. The standard InChI is InChI=1S/C20H23F3N8O/c1-12(2)16(11-26-19-24-9-14(10-25-19)20(21,22)23)30(4)18(32)17-15(6-5-13(3)29-17)31-27-7-8-28-31/h5-10,12,16H,11H2,1-4H3,(H,24,25,26). The van der Waals surface area contributed by atoms with Crippen LogP contribution >= 0.6 is 0 Å². The quantitative estimate of drug-likeness (QED) is 0.593. The molecule has 3 aromatic heterocycles. The highest BCUT2D eigenvalue weighted by Gasteiger charge is 2.31. The number of nitrogens with one attached hydrogen (secondary N) is 1. The number of rotatable bonds is 7. The van der Waals surface area contributed by atoms with Crippen molar-refractivity contribution in [2.45, 2.75) is 33.0 Å². The van der Waals surface area contributed by atoms with Crippen molar-refractivity contribution in [3.8, 4) is 5.69 Å². The molecule has 170 valence electrons. The SMILES string of the molecule is Cc1ccc(-n2nccn2)c(C(=O)N(C)C(CNc2ncc(C(F)(F)F)cn2)C(C)C)n1. The van der Waals surface area contributed by atoms with Gasteiger partial charge in [-0.15, -0.1) is 4.80 Å². The average Bonchev–Trinajstić information content (AvgIpc) is 3.27. The zero-order valence-corrected chi connectivity index (χ0v) is 18.0. The summed E-state index contributed by atoms with van der Waals surface area (Å²) in [5.41, 5.74) is 0.371. The van der Waals surface area contributed by atoms with E-state index in [2.05, 4.69) is 30.5 Å². The molecular formula is C20H23F3N8O. The molecule has 1 amide bonds. The van der Waals surface area contributed by atoms with Crippen molar-refractivity contribution in [2.75, 3.05) is 18.9 Å². The maximum Gasteiger partial charge on any atom is 0.419 e. The highest BCUT2D eigenvalue weighted by molar-refractivity contribution is 5.95. The lowest BCUT2D eigenvalue weighted by molar-refractivity contribution is -0.138. The van der Waals surface area contributed by atoms with Gasteiger partial charge in [0.25, 0.3) is 5.91 Å². The molecule has 32 heavy (non-hydrogen) atoms. The summed E-state index contributed by atoms with van der Waals surface area (Å²) >= 11 is 0. The van der Waals surface area contributed by atoms with Gasteiger partial charge in [0.1, 0.15) is 5.69 Å². The second-order valence-electron chi connectivity index (χ2n) is 7.54. The Balaban J connectivity index is 1.79. The molecule has 0 saturated heterocycles. The molecular weight excluding hydrogens is 425 g/mol. The molecule has 9 nitrogen and oxygen atoms in total. The third-order valence-electron chi connectivity index (χ3n) is 4.89. The van der Waals surface area contributed by atoms with Crippen molar-refractivity contribution in [3.63, 3.8) is 0 Å². The van der Waals surface area contributed by atoms with Gasteiger partial charge < -0.3 is 10.2 Å². The summed E-state index contributed by atoms with van der Waals surface area (Å²) in [5, 5.41) is 11.1. The highest BCUT2D eigenvalue weighted by atomic mass is 19.4. The lowest BCUT2D eigenvalue weighted by Crippen LogP contribution is -2.45. The van der Waals surface area contributed by atoms with Crippen LogP contribution in [0.1, 0.15) is 35.6 Å². The minimum atomic E-state index is -4.51. The number of hydrogen-bond acceptors (Lipinski definition) is 7. The molecule has 1 atom stereocenters. The summed E-state index contributed by atoms with van der Waals surface area (Å²) in [6.07, 6.45) is -0.0672. The predicted octanol–water partition coefficient (Wildman–Crippen LogP) is 2.99. The van der Waals surface area contributed by atoms with E-state index in [9.17, 15) is 18.0 Å². The number of carbonyl (C=O) groups excluding carboxylic acids is 1. The number of carbonyl (C=O) groups is 1. The van der Waals surface area contributed by atoms with E-state index in [-0.39, 0.29) is 36.1 Å². The van der Waals surface area contributed by atoms with Crippen molar-refractivity contribution in [1.29, 1.82) is 0 Å². The number of aromatic nitrogens is 6. The van der Waals surface area contributed by atoms with Gasteiger partial charge in [-0.1, -0.05) is 13.8 Å². The summed E-state index contributed by atoms with van der Waals surface area (Å²) in [6, 6.07) is 3.16. The topological polar surface area (TPSA) is 102 Å². The second-order valence-corrected chi connectivity index (χ2v) is 7.54. The normalized spacial score (nSPS) is 12.6. The van der Waals surface area contributed by atoms with Crippen LogP contribution in [0.4, 0.5) is 19.1 Å². The number of aryl methyl sites for hydroxylation is 1. The van der Waals surface area contributed by atoms with E-state index in [4.69, 9.17) is 0 Å². The molecule has 0 spiro atoms. The van der Waals surface area contributed by atoms with E-state index in [0.717, 1.165) is 0 Å². The van der Waals surface area contributed by atoms with Crippen molar-refractivity contribution in [3.05, 3.63) is 53.9 Å². The smallest absolute Gasteiger partial charge is 0.352 e. The molecule has 0 fully saturated rings. The second kappa shape index (κ2) is 9.28. The molecule has 3 rings (SSSR count). The van der Waals surface area contributed by atoms with Crippen LogP contribution in [-0.4, -0.2) is 60.4 Å². The van der Waals surface area contributed by atoms with Gasteiger partial charge in [0.15, 0.2) is 5.69 Å². The van der Waals surface area contributed by atoms with Gasteiger partial charge in [-0.2, -0.15) is 23.4 Å².